The van der Waals surface area contributed by atoms with Gasteiger partial charge in [-0.1, -0.05) is 24.9 Å². The van der Waals surface area contributed by atoms with Gasteiger partial charge in [0.25, 0.3) is 0 Å². The number of halogens is 1. The molecule has 1 heterocycles. The van der Waals surface area contributed by atoms with Gasteiger partial charge < -0.3 is 4.74 Å². The molecule has 164 valence electrons. The molecule has 1 saturated heterocycles. The molecule has 1 aliphatic heterocycles. The summed E-state index contributed by atoms with van der Waals surface area (Å²) >= 11 is 6.24. The van der Waals surface area contributed by atoms with Gasteiger partial charge in [-0.25, -0.2) is 8.42 Å². The highest BCUT2D eigenvalue weighted by Gasteiger charge is 2.33. The van der Waals surface area contributed by atoms with Crippen LogP contribution in [-0.4, -0.2) is 36.5 Å². The molecule has 2 aliphatic rings. The van der Waals surface area contributed by atoms with Crippen molar-refractivity contribution in [3.63, 3.8) is 0 Å². The first-order valence-electron chi connectivity index (χ1n) is 10.0. The molecule has 1 unspecified atom stereocenters. The lowest BCUT2D eigenvalue weighted by Gasteiger charge is -2.25. The molecule has 10 heteroatoms. The fourth-order valence-corrected chi connectivity index (χ4v) is 6.05. The smallest absolute Gasteiger partial charge is 0.312 e. The molecule has 0 amide bonds. The van der Waals surface area contributed by atoms with Crippen molar-refractivity contribution < 1.29 is 22.9 Å². The van der Waals surface area contributed by atoms with Crippen LogP contribution < -0.4 is 4.74 Å². The summed E-state index contributed by atoms with van der Waals surface area (Å²) in [5.74, 6) is -0.194. The highest BCUT2D eigenvalue weighted by molar-refractivity contribution is 7.89. The standard InChI is InChI=1S/C21H21ClN2O6S/c1-13-11-17(25)21-19(8-6-15(22)20(13)21)30-18-7-5-14(12-16(18)24(26)27)31(28,29)23-9-3-2-4-10-23/h5-8,12-13H,2-4,9-11H2,1H3. The van der Waals surface area contributed by atoms with Gasteiger partial charge in [-0.05, 0) is 48.6 Å². The number of rotatable bonds is 5. The molecule has 1 fully saturated rings. The number of hydrogen-bond acceptors (Lipinski definition) is 6. The van der Waals surface area contributed by atoms with Crippen molar-refractivity contribution in [1.29, 1.82) is 0 Å². The van der Waals surface area contributed by atoms with Crippen LogP contribution in [0, 0.1) is 10.1 Å². The largest absolute Gasteiger partial charge is 0.449 e. The molecule has 0 spiro atoms. The summed E-state index contributed by atoms with van der Waals surface area (Å²) in [6.45, 7) is 2.67. The number of ketones is 1. The Bertz CT molecular complexity index is 1170. The summed E-state index contributed by atoms with van der Waals surface area (Å²) in [6, 6.07) is 6.66. The van der Waals surface area contributed by atoms with Crippen LogP contribution in [0.2, 0.25) is 5.02 Å². The maximum atomic E-state index is 12.9. The number of benzene rings is 2. The zero-order valence-electron chi connectivity index (χ0n) is 16.8. The number of nitro benzene ring substituents is 1. The van der Waals surface area contributed by atoms with E-state index in [0.717, 1.165) is 25.3 Å². The van der Waals surface area contributed by atoms with Gasteiger partial charge in [0, 0.05) is 30.6 Å². The van der Waals surface area contributed by atoms with E-state index in [-0.39, 0.29) is 34.5 Å². The minimum atomic E-state index is -3.84. The van der Waals surface area contributed by atoms with Crippen molar-refractivity contribution >= 4 is 33.1 Å². The molecular weight excluding hydrogens is 444 g/mol. The normalized spacial score (nSPS) is 19.3. The molecule has 0 N–H and O–H groups in total. The second-order valence-electron chi connectivity index (χ2n) is 7.82. The Morgan fingerprint density at radius 2 is 1.81 bits per heavy atom. The van der Waals surface area contributed by atoms with Crippen LogP contribution in [-0.2, 0) is 10.0 Å². The van der Waals surface area contributed by atoms with Crippen molar-refractivity contribution in [2.45, 2.75) is 43.4 Å². The molecule has 0 radical (unpaired) electrons. The number of Topliss-reactive ketones (excluding diaryl/α,β-unsaturated/α-hetero) is 1. The van der Waals surface area contributed by atoms with E-state index in [2.05, 4.69) is 0 Å². The van der Waals surface area contributed by atoms with Gasteiger partial charge in [-0.15, -0.1) is 0 Å². The lowest BCUT2D eigenvalue weighted by atomic mass is 10.0. The van der Waals surface area contributed by atoms with Crippen molar-refractivity contribution in [2.75, 3.05) is 13.1 Å². The number of sulfonamides is 1. The molecule has 0 aromatic heterocycles. The Morgan fingerprint density at radius 3 is 2.48 bits per heavy atom. The van der Waals surface area contributed by atoms with Crippen LogP contribution in [0.4, 0.5) is 5.69 Å². The molecule has 2 aromatic carbocycles. The number of carbonyl (C=O) groups excluding carboxylic acids is 1. The number of nitro groups is 1. The van der Waals surface area contributed by atoms with Gasteiger partial charge in [-0.3, -0.25) is 14.9 Å². The minimum Gasteiger partial charge on any atom is -0.449 e. The summed E-state index contributed by atoms with van der Waals surface area (Å²) in [5.41, 5.74) is 0.496. The Labute approximate surface area is 185 Å². The summed E-state index contributed by atoms with van der Waals surface area (Å²) < 4.78 is 32.9. The quantitative estimate of drug-likeness (QED) is 0.459. The third-order valence-electron chi connectivity index (χ3n) is 5.72. The summed E-state index contributed by atoms with van der Waals surface area (Å²) in [7, 11) is -3.84. The van der Waals surface area contributed by atoms with Crippen molar-refractivity contribution in [3.05, 3.63) is 56.6 Å². The average Bonchev–Trinajstić information content (AvgIpc) is 3.05. The zero-order chi connectivity index (χ0) is 22.3. The molecule has 0 bridgehead atoms. The number of piperidine rings is 1. The van der Waals surface area contributed by atoms with Crippen molar-refractivity contribution in [1.82, 2.24) is 4.31 Å². The second kappa shape index (κ2) is 8.22. The molecule has 8 nitrogen and oxygen atoms in total. The maximum absolute atomic E-state index is 12.9. The third kappa shape index (κ3) is 3.93. The molecule has 1 atom stereocenters. The van der Waals surface area contributed by atoms with Crippen LogP contribution in [0.1, 0.15) is 54.4 Å². The molecule has 31 heavy (non-hydrogen) atoms. The van der Waals surface area contributed by atoms with E-state index in [9.17, 15) is 23.3 Å². The number of ether oxygens (including phenoxy) is 1. The molecule has 1 aliphatic carbocycles. The van der Waals surface area contributed by atoms with E-state index in [4.69, 9.17) is 16.3 Å². The van der Waals surface area contributed by atoms with Gasteiger partial charge in [-0.2, -0.15) is 4.31 Å². The van der Waals surface area contributed by atoms with Crippen LogP contribution in [0.3, 0.4) is 0 Å². The van der Waals surface area contributed by atoms with Crippen LogP contribution in [0.5, 0.6) is 11.5 Å². The van der Waals surface area contributed by atoms with E-state index in [0.29, 0.717) is 29.2 Å². The van der Waals surface area contributed by atoms with Gasteiger partial charge in [0.2, 0.25) is 15.8 Å². The molecule has 2 aromatic rings. The Balaban J connectivity index is 1.73. The third-order valence-corrected chi connectivity index (χ3v) is 7.94. The Morgan fingerprint density at radius 1 is 1.13 bits per heavy atom. The SMILES string of the molecule is CC1CC(=O)c2c(Oc3ccc(S(=O)(=O)N4CCCCC4)cc3[N+](=O)[O-])ccc(Cl)c21. The lowest BCUT2D eigenvalue weighted by Crippen LogP contribution is -2.35. The van der Waals surface area contributed by atoms with Gasteiger partial charge in [0.15, 0.2) is 5.78 Å². The fourth-order valence-electron chi connectivity index (χ4n) is 4.17. The second-order valence-corrected chi connectivity index (χ2v) is 10.2. The van der Waals surface area contributed by atoms with Gasteiger partial charge >= 0.3 is 5.69 Å². The molecule has 4 rings (SSSR count). The topological polar surface area (TPSA) is 107 Å². The van der Waals surface area contributed by atoms with E-state index in [1.807, 2.05) is 6.92 Å². The van der Waals surface area contributed by atoms with E-state index >= 15 is 0 Å². The number of hydrogen-bond donors (Lipinski definition) is 0. The number of nitrogens with zero attached hydrogens (tertiary/aromatic N) is 2. The average molecular weight is 465 g/mol. The predicted molar refractivity (Wildman–Crippen MR) is 115 cm³/mol. The first-order valence-corrected chi connectivity index (χ1v) is 11.8. The van der Waals surface area contributed by atoms with Crippen LogP contribution >= 0.6 is 11.6 Å². The summed E-state index contributed by atoms with van der Waals surface area (Å²) in [5, 5.41) is 12.1. The number of fused-ring (bicyclic) bond motifs is 1. The van der Waals surface area contributed by atoms with Crippen molar-refractivity contribution in [3.8, 4) is 11.5 Å². The van der Waals surface area contributed by atoms with E-state index < -0.39 is 20.6 Å². The molecule has 0 saturated carbocycles. The van der Waals surface area contributed by atoms with Crippen molar-refractivity contribution in [2.24, 2.45) is 0 Å². The van der Waals surface area contributed by atoms with Gasteiger partial charge in [0.1, 0.15) is 5.75 Å². The first kappa shape index (κ1) is 21.7. The van der Waals surface area contributed by atoms with E-state index in [1.165, 1.54) is 22.5 Å². The Kier molecular flexibility index (Phi) is 5.76. The zero-order valence-corrected chi connectivity index (χ0v) is 18.4. The minimum absolute atomic E-state index is 0.0782. The summed E-state index contributed by atoms with van der Waals surface area (Å²) in [6.07, 6.45) is 2.76. The maximum Gasteiger partial charge on any atom is 0.312 e. The number of carbonyl (C=O) groups is 1. The van der Waals surface area contributed by atoms with E-state index in [1.54, 1.807) is 6.07 Å². The lowest BCUT2D eigenvalue weighted by molar-refractivity contribution is -0.385. The Hall–Kier alpha value is -2.49. The van der Waals surface area contributed by atoms with Crippen LogP contribution in [0.25, 0.3) is 0 Å². The summed E-state index contributed by atoms with van der Waals surface area (Å²) in [4.78, 5) is 23.3. The van der Waals surface area contributed by atoms with Gasteiger partial charge in [0.05, 0.1) is 15.4 Å². The monoisotopic (exact) mass is 464 g/mol. The highest BCUT2D eigenvalue weighted by atomic mass is 35.5. The molecular formula is C21H21ClN2O6S. The predicted octanol–water partition coefficient (Wildman–Crippen LogP) is 4.91. The fraction of sp³-hybridized carbons (Fsp3) is 0.381. The highest BCUT2D eigenvalue weighted by Crippen LogP contribution is 2.44. The van der Waals surface area contributed by atoms with Crippen LogP contribution in [0.15, 0.2) is 35.2 Å². The first-order chi connectivity index (χ1) is 14.7.